The molecule has 0 spiro atoms. The van der Waals surface area contributed by atoms with Gasteiger partial charge in [-0.05, 0) is 48.2 Å². The van der Waals surface area contributed by atoms with Gasteiger partial charge in [-0.15, -0.1) is 11.3 Å². The predicted octanol–water partition coefficient (Wildman–Crippen LogP) is 4.65. The highest BCUT2D eigenvalue weighted by Gasteiger charge is 2.10. The van der Waals surface area contributed by atoms with Crippen LogP contribution in [-0.4, -0.2) is 22.4 Å². The molecule has 0 radical (unpaired) electrons. The lowest BCUT2D eigenvalue weighted by Crippen LogP contribution is -2.27. The van der Waals surface area contributed by atoms with E-state index < -0.39 is 0 Å². The third-order valence-corrected chi connectivity index (χ3v) is 4.95. The van der Waals surface area contributed by atoms with E-state index in [0.29, 0.717) is 24.6 Å². The second-order valence-electron chi connectivity index (χ2n) is 6.57. The van der Waals surface area contributed by atoms with Crippen molar-refractivity contribution in [2.45, 2.75) is 27.3 Å². The van der Waals surface area contributed by atoms with Crippen molar-refractivity contribution in [3.8, 4) is 0 Å². The number of benzene rings is 1. The summed E-state index contributed by atoms with van der Waals surface area (Å²) in [5.41, 5.74) is 1.72. The Balaban J connectivity index is 1.68. The Morgan fingerprint density at radius 2 is 1.96 bits per heavy atom. The first-order chi connectivity index (χ1) is 12.4. The van der Waals surface area contributed by atoms with Crippen molar-refractivity contribution in [2.75, 3.05) is 11.9 Å². The predicted molar refractivity (Wildman–Crippen MR) is 108 cm³/mol. The van der Waals surface area contributed by atoms with Crippen LogP contribution in [0.1, 0.15) is 34.6 Å². The number of carbonyl (C=O) groups excluding carboxylic acids is 1. The lowest BCUT2D eigenvalue weighted by molar-refractivity contribution is 0.0949. The van der Waals surface area contributed by atoms with Gasteiger partial charge in [0.15, 0.2) is 0 Å². The van der Waals surface area contributed by atoms with Crippen molar-refractivity contribution in [1.29, 1.82) is 0 Å². The molecule has 1 amide bonds. The number of nitrogens with zero attached hydrogens (tertiary/aromatic N) is 2. The normalized spacial score (nSPS) is 11.1. The van der Waals surface area contributed by atoms with E-state index in [4.69, 9.17) is 11.6 Å². The van der Waals surface area contributed by atoms with Gasteiger partial charge in [-0.3, -0.25) is 4.79 Å². The molecular weight excluding hydrogens is 368 g/mol. The van der Waals surface area contributed by atoms with Gasteiger partial charge in [-0.2, -0.15) is 0 Å². The van der Waals surface area contributed by atoms with Gasteiger partial charge in [0.1, 0.15) is 10.6 Å². The number of fused-ring (bicyclic) bond motifs is 1. The first kappa shape index (κ1) is 18.6. The van der Waals surface area contributed by atoms with Gasteiger partial charge in [-0.25, -0.2) is 9.97 Å². The summed E-state index contributed by atoms with van der Waals surface area (Å²) in [5, 5.41) is 7.45. The number of halogens is 1. The van der Waals surface area contributed by atoms with E-state index in [-0.39, 0.29) is 11.2 Å². The molecule has 1 aromatic carbocycles. The van der Waals surface area contributed by atoms with Crippen LogP contribution in [0.2, 0.25) is 5.28 Å². The summed E-state index contributed by atoms with van der Waals surface area (Å²) in [5.74, 6) is 1.11. The standard InChI is InChI=1S/C19H21ClN4OS/c1-11(2)9-22-17(25)14-6-4-13(5-7-14)10-21-16-15-8-12(3)26-18(15)24-19(20)23-16/h4-8,11H,9-10H2,1-3H3,(H,22,25)(H,21,23,24). The van der Waals surface area contributed by atoms with Crippen molar-refractivity contribution in [2.24, 2.45) is 5.92 Å². The Labute approximate surface area is 161 Å². The summed E-state index contributed by atoms with van der Waals surface area (Å²) in [4.78, 5) is 22.7. The minimum Gasteiger partial charge on any atom is -0.365 e. The summed E-state index contributed by atoms with van der Waals surface area (Å²) in [6, 6.07) is 9.61. The molecule has 26 heavy (non-hydrogen) atoms. The van der Waals surface area contributed by atoms with Crippen molar-refractivity contribution in [3.05, 3.63) is 51.6 Å². The smallest absolute Gasteiger partial charge is 0.251 e. The molecule has 0 saturated heterocycles. The maximum atomic E-state index is 12.1. The number of rotatable bonds is 6. The fraction of sp³-hybridized carbons (Fsp3) is 0.316. The minimum absolute atomic E-state index is 0.0451. The molecule has 0 unspecified atom stereocenters. The fourth-order valence-electron chi connectivity index (χ4n) is 2.51. The summed E-state index contributed by atoms with van der Waals surface area (Å²) in [7, 11) is 0. The molecule has 3 aromatic rings. The van der Waals surface area contributed by atoms with Crippen molar-refractivity contribution >= 4 is 44.9 Å². The lowest BCUT2D eigenvalue weighted by atomic mass is 10.1. The zero-order valence-electron chi connectivity index (χ0n) is 15.0. The van der Waals surface area contributed by atoms with Crippen molar-refractivity contribution < 1.29 is 4.79 Å². The number of aryl methyl sites for hydroxylation is 1. The Morgan fingerprint density at radius 3 is 2.65 bits per heavy atom. The number of hydrogen-bond donors (Lipinski definition) is 2. The maximum Gasteiger partial charge on any atom is 0.251 e. The van der Waals surface area contributed by atoms with Gasteiger partial charge in [0.05, 0.1) is 5.39 Å². The number of hydrogen-bond acceptors (Lipinski definition) is 5. The number of thiophene rings is 1. The largest absolute Gasteiger partial charge is 0.365 e. The van der Waals surface area contributed by atoms with Crippen LogP contribution < -0.4 is 10.6 Å². The van der Waals surface area contributed by atoms with E-state index in [0.717, 1.165) is 26.5 Å². The molecule has 2 N–H and O–H groups in total. The fourth-order valence-corrected chi connectivity index (χ4v) is 3.61. The molecule has 0 aliphatic heterocycles. The minimum atomic E-state index is -0.0451. The molecule has 2 heterocycles. The highest BCUT2D eigenvalue weighted by molar-refractivity contribution is 7.18. The Hall–Kier alpha value is -2.18. The second-order valence-corrected chi connectivity index (χ2v) is 8.14. The van der Waals surface area contributed by atoms with Crippen LogP contribution >= 0.6 is 22.9 Å². The van der Waals surface area contributed by atoms with Gasteiger partial charge >= 0.3 is 0 Å². The molecule has 0 aliphatic rings. The van der Waals surface area contributed by atoms with Gasteiger partial charge < -0.3 is 10.6 Å². The van der Waals surface area contributed by atoms with E-state index in [1.54, 1.807) is 11.3 Å². The molecule has 136 valence electrons. The molecule has 0 saturated carbocycles. The van der Waals surface area contributed by atoms with Crippen LogP contribution in [0.15, 0.2) is 30.3 Å². The highest BCUT2D eigenvalue weighted by atomic mass is 35.5. The molecular formula is C19H21ClN4OS. The molecule has 0 fully saturated rings. The lowest BCUT2D eigenvalue weighted by Gasteiger charge is -2.09. The Kier molecular flexibility index (Phi) is 5.74. The average Bonchev–Trinajstić information content (AvgIpc) is 2.98. The molecule has 3 rings (SSSR count). The van der Waals surface area contributed by atoms with Crippen molar-refractivity contribution in [3.63, 3.8) is 0 Å². The van der Waals surface area contributed by atoms with Crippen LogP contribution in [-0.2, 0) is 6.54 Å². The Bertz CT molecular complexity index is 921. The number of aromatic nitrogens is 2. The van der Waals surface area contributed by atoms with E-state index in [1.165, 1.54) is 0 Å². The summed E-state index contributed by atoms with van der Waals surface area (Å²) >= 11 is 7.62. The van der Waals surface area contributed by atoms with Crippen LogP contribution in [0.5, 0.6) is 0 Å². The molecule has 0 atom stereocenters. The average molecular weight is 389 g/mol. The molecule has 5 nitrogen and oxygen atoms in total. The van der Waals surface area contributed by atoms with Gasteiger partial charge in [0.25, 0.3) is 5.91 Å². The van der Waals surface area contributed by atoms with Gasteiger partial charge in [0.2, 0.25) is 5.28 Å². The van der Waals surface area contributed by atoms with Crippen LogP contribution in [0.3, 0.4) is 0 Å². The molecule has 0 aliphatic carbocycles. The topological polar surface area (TPSA) is 66.9 Å². The van der Waals surface area contributed by atoms with E-state index in [1.807, 2.05) is 31.2 Å². The van der Waals surface area contributed by atoms with E-state index in [2.05, 4.69) is 40.5 Å². The summed E-state index contributed by atoms with van der Waals surface area (Å²) in [6.45, 7) is 7.44. The van der Waals surface area contributed by atoms with Crippen molar-refractivity contribution in [1.82, 2.24) is 15.3 Å². The number of carbonyl (C=O) groups is 1. The molecule has 2 aromatic heterocycles. The highest BCUT2D eigenvalue weighted by Crippen LogP contribution is 2.29. The molecule has 0 bridgehead atoms. The molecule has 7 heteroatoms. The zero-order valence-corrected chi connectivity index (χ0v) is 16.5. The summed E-state index contributed by atoms with van der Waals surface area (Å²) in [6.07, 6.45) is 0. The quantitative estimate of drug-likeness (QED) is 0.603. The SMILES string of the molecule is Cc1cc2c(NCc3ccc(C(=O)NCC(C)C)cc3)nc(Cl)nc2s1. The van der Waals surface area contributed by atoms with Crippen LogP contribution in [0, 0.1) is 12.8 Å². The van der Waals surface area contributed by atoms with Crippen LogP contribution in [0.4, 0.5) is 5.82 Å². The van der Waals surface area contributed by atoms with Gasteiger partial charge in [0, 0.05) is 23.5 Å². The number of amides is 1. The number of anilines is 1. The third kappa shape index (κ3) is 4.51. The Morgan fingerprint density at radius 1 is 1.23 bits per heavy atom. The number of nitrogens with one attached hydrogen (secondary N) is 2. The maximum absolute atomic E-state index is 12.1. The van der Waals surface area contributed by atoms with Gasteiger partial charge in [-0.1, -0.05) is 26.0 Å². The van der Waals surface area contributed by atoms with E-state index in [9.17, 15) is 4.79 Å². The zero-order chi connectivity index (χ0) is 18.7. The first-order valence-corrected chi connectivity index (χ1v) is 9.66. The monoisotopic (exact) mass is 388 g/mol. The summed E-state index contributed by atoms with van der Waals surface area (Å²) < 4.78 is 0. The third-order valence-electron chi connectivity index (χ3n) is 3.84. The van der Waals surface area contributed by atoms with E-state index >= 15 is 0 Å². The first-order valence-electron chi connectivity index (χ1n) is 8.47. The second kappa shape index (κ2) is 8.01. The van der Waals surface area contributed by atoms with Crippen LogP contribution in [0.25, 0.3) is 10.2 Å².